The average Bonchev–Trinajstić information content (AvgIpc) is 2.42. The fourth-order valence-corrected chi connectivity index (χ4v) is 3.64. The Kier molecular flexibility index (Phi) is 5.86. The van der Waals surface area contributed by atoms with Gasteiger partial charge in [-0.15, -0.1) is 0 Å². The van der Waals surface area contributed by atoms with E-state index in [2.05, 4.69) is 19.2 Å². The number of likely N-dealkylation sites (N-methyl/N-ethyl adjacent to an activating group) is 1. The number of hydrogen-bond acceptors (Lipinski definition) is 1. The first-order valence-electron chi connectivity index (χ1n) is 7.77. The first-order valence-corrected chi connectivity index (χ1v) is 8.15. The molecule has 1 aromatic rings. The quantitative estimate of drug-likeness (QED) is 0.821. The van der Waals surface area contributed by atoms with Gasteiger partial charge >= 0.3 is 0 Å². The molecule has 1 aliphatic rings. The van der Waals surface area contributed by atoms with Gasteiger partial charge in [0.1, 0.15) is 5.82 Å². The summed E-state index contributed by atoms with van der Waals surface area (Å²) in [5.74, 6) is 1.22. The third-order valence-electron chi connectivity index (χ3n) is 4.45. The summed E-state index contributed by atoms with van der Waals surface area (Å²) in [5.41, 5.74) is 1.13. The van der Waals surface area contributed by atoms with Crippen LogP contribution in [0.2, 0.25) is 5.02 Å². The van der Waals surface area contributed by atoms with Crippen LogP contribution < -0.4 is 5.32 Å². The van der Waals surface area contributed by atoms with E-state index in [-0.39, 0.29) is 10.8 Å². The topological polar surface area (TPSA) is 12.0 Å². The summed E-state index contributed by atoms with van der Waals surface area (Å²) in [6.07, 6.45) is 6.23. The summed E-state index contributed by atoms with van der Waals surface area (Å²) in [4.78, 5) is 0. The molecule has 0 bridgehead atoms. The lowest BCUT2D eigenvalue weighted by atomic mass is 9.77. The summed E-state index contributed by atoms with van der Waals surface area (Å²) in [6.45, 7) is 5.48. The number of halogens is 2. The van der Waals surface area contributed by atoms with Gasteiger partial charge in [-0.1, -0.05) is 44.4 Å². The van der Waals surface area contributed by atoms with Crippen LogP contribution in [0, 0.1) is 17.7 Å². The molecule has 3 atom stereocenters. The molecule has 3 heteroatoms. The van der Waals surface area contributed by atoms with Gasteiger partial charge in [0.15, 0.2) is 0 Å². The number of nitrogens with one attached hydrogen (secondary N) is 1. The van der Waals surface area contributed by atoms with E-state index in [1.165, 1.54) is 31.7 Å². The van der Waals surface area contributed by atoms with Crippen molar-refractivity contribution in [2.24, 2.45) is 11.8 Å². The minimum absolute atomic E-state index is 0.231. The molecule has 0 spiro atoms. The van der Waals surface area contributed by atoms with Crippen LogP contribution in [-0.4, -0.2) is 12.6 Å². The van der Waals surface area contributed by atoms with Gasteiger partial charge in [-0.05, 0) is 55.3 Å². The van der Waals surface area contributed by atoms with Crippen molar-refractivity contribution in [3.05, 3.63) is 34.6 Å². The Labute approximate surface area is 126 Å². The fourth-order valence-electron chi connectivity index (χ4n) is 3.43. The number of benzene rings is 1. The number of rotatable bonds is 5. The second-order valence-electron chi connectivity index (χ2n) is 6.15. The normalized spacial score (nSPS) is 24.6. The number of hydrogen-bond donors (Lipinski definition) is 1. The van der Waals surface area contributed by atoms with Gasteiger partial charge < -0.3 is 5.32 Å². The van der Waals surface area contributed by atoms with Gasteiger partial charge in [-0.2, -0.15) is 0 Å². The smallest absolute Gasteiger partial charge is 0.141 e. The molecular formula is C17H25ClFN. The van der Waals surface area contributed by atoms with Gasteiger partial charge in [0.2, 0.25) is 0 Å². The molecule has 1 N–H and O–H groups in total. The molecule has 3 unspecified atom stereocenters. The van der Waals surface area contributed by atoms with Crippen molar-refractivity contribution < 1.29 is 4.39 Å². The standard InChI is InChI=1S/C17H25ClFN/c1-3-20-17(14-6-4-5-12(2)9-14)11-13-7-8-16(19)15(18)10-13/h7-8,10,12,14,17,20H,3-6,9,11H2,1-2H3. The van der Waals surface area contributed by atoms with E-state index in [1.54, 1.807) is 6.07 Å². The maximum Gasteiger partial charge on any atom is 0.141 e. The van der Waals surface area contributed by atoms with Crippen molar-refractivity contribution in [3.8, 4) is 0 Å². The maximum absolute atomic E-state index is 13.2. The van der Waals surface area contributed by atoms with Crippen LogP contribution in [-0.2, 0) is 6.42 Å². The Hall–Kier alpha value is -0.600. The molecule has 0 radical (unpaired) electrons. The molecule has 20 heavy (non-hydrogen) atoms. The molecule has 0 aromatic heterocycles. The molecule has 112 valence electrons. The van der Waals surface area contributed by atoms with Gasteiger partial charge in [0.05, 0.1) is 5.02 Å². The largest absolute Gasteiger partial charge is 0.314 e. The van der Waals surface area contributed by atoms with Crippen molar-refractivity contribution in [1.29, 1.82) is 0 Å². The predicted octanol–water partition coefficient (Wildman–Crippen LogP) is 4.83. The first kappa shape index (κ1) is 15.8. The summed E-state index contributed by atoms with van der Waals surface area (Å²) < 4.78 is 13.2. The van der Waals surface area contributed by atoms with Crippen molar-refractivity contribution in [3.63, 3.8) is 0 Å². The molecule has 0 heterocycles. The van der Waals surface area contributed by atoms with Crippen LogP contribution in [0.15, 0.2) is 18.2 Å². The van der Waals surface area contributed by atoms with Crippen LogP contribution in [0.3, 0.4) is 0 Å². The van der Waals surface area contributed by atoms with E-state index >= 15 is 0 Å². The van der Waals surface area contributed by atoms with Crippen molar-refractivity contribution in [1.82, 2.24) is 5.32 Å². The highest BCUT2D eigenvalue weighted by atomic mass is 35.5. The van der Waals surface area contributed by atoms with Crippen LogP contribution in [0.5, 0.6) is 0 Å². The van der Waals surface area contributed by atoms with Crippen LogP contribution in [0.25, 0.3) is 0 Å². The van der Waals surface area contributed by atoms with Crippen molar-refractivity contribution in [2.75, 3.05) is 6.54 Å². The lowest BCUT2D eigenvalue weighted by molar-refractivity contribution is 0.222. The molecule has 0 saturated heterocycles. The molecule has 1 aromatic carbocycles. The minimum atomic E-state index is -0.332. The third-order valence-corrected chi connectivity index (χ3v) is 4.74. The van der Waals surface area contributed by atoms with Gasteiger partial charge in [0, 0.05) is 6.04 Å². The second-order valence-corrected chi connectivity index (χ2v) is 6.56. The highest BCUT2D eigenvalue weighted by Gasteiger charge is 2.26. The van der Waals surface area contributed by atoms with Crippen LogP contribution >= 0.6 is 11.6 Å². The molecule has 0 amide bonds. The van der Waals surface area contributed by atoms with E-state index in [4.69, 9.17) is 11.6 Å². The van der Waals surface area contributed by atoms with Crippen LogP contribution in [0.1, 0.15) is 45.1 Å². The zero-order chi connectivity index (χ0) is 14.5. The van der Waals surface area contributed by atoms with Crippen LogP contribution in [0.4, 0.5) is 4.39 Å². The molecular weight excluding hydrogens is 273 g/mol. The molecule has 0 aliphatic heterocycles. The van der Waals surface area contributed by atoms with Gasteiger partial charge in [-0.25, -0.2) is 4.39 Å². The Morgan fingerprint density at radius 2 is 2.20 bits per heavy atom. The third kappa shape index (κ3) is 4.20. The van der Waals surface area contributed by atoms with E-state index in [0.29, 0.717) is 6.04 Å². The highest BCUT2D eigenvalue weighted by molar-refractivity contribution is 6.30. The van der Waals surface area contributed by atoms with Gasteiger partial charge in [0.25, 0.3) is 0 Å². The Bertz CT molecular complexity index is 435. The monoisotopic (exact) mass is 297 g/mol. The molecule has 1 saturated carbocycles. The Morgan fingerprint density at radius 3 is 2.85 bits per heavy atom. The maximum atomic E-state index is 13.2. The lowest BCUT2D eigenvalue weighted by Crippen LogP contribution is -2.40. The summed E-state index contributed by atoms with van der Waals surface area (Å²) in [7, 11) is 0. The highest BCUT2D eigenvalue weighted by Crippen LogP contribution is 2.32. The SMILES string of the molecule is CCNC(Cc1ccc(F)c(Cl)c1)C1CCCC(C)C1. The van der Waals surface area contributed by atoms with Crippen molar-refractivity contribution in [2.45, 2.75) is 52.0 Å². The Balaban J connectivity index is 2.06. The first-order chi connectivity index (χ1) is 9.60. The van der Waals surface area contributed by atoms with E-state index in [0.717, 1.165) is 30.4 Å². The Morgan fingerprint density at radius 1 is 1.40 bits per heavy atom. The summed E-state index contributed by atoms with van der Waals surface area (Å²) in [6, 6.07) is 5.58. The summed E-state index contributed by atoms with van der Waals surface area (Å²) in [5, 5.41) is 3.85. The molecule has 2 rings (SSSR count). The van der Waals surface area contributed by atoms with E-state index in [1.807, 2.05) is 6.07 Å². The lowest BCUT2D eigenvalue weighted by Gasteiger charge is -2.34. The molecule has 1 aliphatic carbocycles. The molecule has 1 nitrogen and oxygen atoms in total. The predicted molar refractivity (Wildman–Crippen MR) is 83.7 cm³/mol. The zero-order valence-electron chi connectivity index (χ0n) is 12.5. The zero-order valence-corrected chi connectivity index (χ0v) is 13.2. The summed E-state index contributed by atoms with van der Waals surface area (Å²) >= 11 is 5.89. The molecule has 1 fully saturated rings. The second kappa shape index (κ2) is 7.42. The average molecular weight is 298 g/mol. The van der Waals surface area contributed by atoms with E-state index < -0.39 is 0 Å². The van der Waals surface area contributed by atoms with Gasteiger partial charge in [-0.3, -0.25) is 0 Å². The van der Waals surface area contributed by atoms with Crippen molar-refractivity contribution >= 4 is 11.6 Å². The fraction of sp³-hybridized carbons (Fsp3) is 0.647. The van der Waals surface area contributed by atoms with E-state index in [9.17, 15) is 4.39 Å². The minimum Gasteiger partial charge on any atom is -0.314 e.